The molecule has 124 valence electrons. The number of fused-ring (bicyclic) bond motifs is 2. The van der Waals surface area contributed by atoms with Crippen molar-refractivity contribution in [3.63, 3.8) is 0 Å². The maximum absolute atomic E-state index is 12.6. The molecule has 3 aromatic rings. The maximum atomic E-state index is 12.6. The number of ketones is 1. The largest absolute Gasteiger partial charge is 0.505 e. The van der Waals surface area contributed by atoms with Crippen molar-refractivity contribution < 1.29 is 18.3 Å². The number of hydrogen-bond acceptors (Lipinski definition) is 4. The Morgan fingerprint density at radius 3 is 2.36 bits per heavy atom. The van der Waals surface area contributed by atoms with Crippen molar-refractivity contribution in [1.82, 2.24) is 4.72 Å². The summed E-state index contributed by atoms with van der Waals surface area (Å²) in [6.07, 6.45) is 0. The van der Waals surface area contributed by atoms with Gasteiger partial charge in [-0.2, -0.15) is 0 Å². The van der Waals surface area contributed by atoms with Crippen LogP contribution in [0, 0.1) is 0 Å². The van der Waals surface area contributed by atoms with E-state index in [4.69, 9.17) is 0 Å². The predicted octanol–water partition coefficient (Wildman–Crippen LogP) is 3.24. The van der Waals surface area contributed by atoms with Gasteiger partial charge < -0.3 is 5.11 Å². The maximum Gasteiger partial charge on any atom is 0.262 e. The third kappa shape index (κ3) is 2.47. The van der Waals surface area contributed by atoms with Gasteiger partial charge in [-0.3, -0.25) is 9.52 Å². The molecule has 0 saturated carbocycles. The number of nitrogens with one attached hydrogen (secondary N) is 1. The number of benzene rings is 3. The monoisotopic (exact) mass is 351 g/mol. The third-order valence-corrected chi connectivity index (χ3v) is 5.55. The molecule has 0 unspecified atom stereocenters. The van der Waals surface area contributed by atoms with Gasteiger partial charge in [0.1, 0.15) is 5.70 Å². The molecule has 0 amide bonds. The van der Waals surface area contributed by atoms with Crippen molar-refractivity contribution in [3.05, 3.63) is 83.6 Å². The fraction of sp³-hybridized carbons (Fsp3) is 0. The highest BCUT2D eigenvalue weighted by molar-refractivity contribution is 7.90. The fourth-order valence-electron chi connectivity index (χ4n) is 2.90. The number of hydrogen-bond donors (Lipinski definition) is 2. The number of sulfonamides is 1. The second kappa shape index (κ2) is 5.46. The molecule has 4 rings (SSSR count). The Hall–Kier alpha value is -3.12. The molecule has 2 N–H and O–H groups in total. The van der Waals surface area contributed by atoms with E-state index in [2.05, 4.69) is 4.72 Å². The summed E-state index contributed by atoms with van der Waals surface area (Å²) in [5.74, 6) is -0.954. The van der Waals surface area contributed by atoms with E-state index in [1.165, 1.54) is 12.1 Å². The number of aliphatic hydroxyl groups is 1. The van der Waals surface area contributed by atoms with E-state index in [1.54, 1.807) is 30.3 Å². The van der Waals surface area contributed by atoms with Crippen LogP contribution in [-0.2, 0) is 10.0 Å². The number of rotatable bonds is 1. The molecule has 0 radical (unpaired) electrons. The molecule has 6 heteroatoms. The smallest absolute Gasteiger partial charge is 0.262 e. The predicted molar refractivity (Wildman–Crippen MR) is 94.6 cm³/mol. The highest BCUT2D eigenvalue weighted by atomic mass is 32.2. The SMILES string of the molecule is O=C1C(=C(O)c2ccc3ccccc3c2)NS(=O)(=O)c2ccccc21. The molecule has 5 nitrogen and oxygen atoms in total. The summed E-state index contributed by atoms with van der Waals surface area (Å²) >= 11 is 0. The Labute approximate surface area is 144 Å². The quantitative estimate of drug-likeness (QED) is 0.521. The minimum Gasteiger partial charge on any atom is -0.505 e. The minimum absolute atomic E-state index is 0.0450. The Morgan fingerprint density at radius 2 is 1.56 bits per heavy atom. The number of aliphatic hydroxyl groups excluding tert-OH is 1. The lowest BCUT2D eigenvalue weighted by Crippen LogP contribution is -2.35. The molecule has 0 fully saturated rings. The Kier molecular flexibility index (Phi) is 3.36. The molecular formula is C19H13NO4S. The van der Waals surface area contributed by atoms with Crippen molar-refractivity contribution in [2.75, 3.05) is 0 Å². The second-order valence-corrected chi connectivity index (χ2v) is 7.37. The van der Waals surface area contributed by atoms with Crippen LogP contribution in [0.3, 0.4) is 0 Å². The molecule has 1 heterocycles. The number of carbonyl (C=O) groups is 1. The summed E-state index contributed by atoms with van der Waals surface area (Å²) in [5.41, 5.74) is 0.0710. The average Bonchev–Trinajstić information content (AvgIpc) is 2.64. The molecule has 3 aromatic carbocycles. The summed E-state index contributed by atoms with van der Waals surface area (Å²) in [6.45, 7) is 0. The van der Waals surface area contributed by atoms with Gasteiger partial charge in [-0.15, -0.1) is 0 Å². The normalized spacial score (nSPS) is 17.7. The lowest BCUT2D eigenvalue weighted by atomic mass is 10.0. The summed E-state index contributed by atoms with van der Waals surface area (Å²) in [4.78, 5) is 12.6. The van der Waals surface area contributed by atoms with Crippen LogP contribution in [0.5, 0.6) is 0 Å². The van der Waals surface area contributed by atoms with Gasteiger partial charge in [0.05, 0.1) is 4.90 Å². The first-order chi connectivity index (χ1) is 12.0. The van der Waals surface area contributed by atoms with Gasteiger partial charge in [-0.1, -0.05) is 48.5 Å². The van der Waals surface area contributed by atoms with Gasteiger partial charge in [0.15, 0.2) is 5.76 Å². The Bertz CT molecular complexity index is 1160. The first kappa shape index (κ1) is 15.4. The number of allylic oxidation sites excluding steroid dienone is 1. The van der Waals surface area contributed by atoms with Gasteiger partial charge >= 0.3 is 0 Å². The van der Waals surface area contributed by atoms with Gasteiger partial charge in [0.2, 0.25) is 5.78 Å². The molecule has 0 bridgehead atoms. The van der Waals surface area contributed by atoms with E-state index in [-0.39, 0.29) is 16.2 Å². The van der Waals surface area contributed by atoms with Crippen LogP contribution in [-0.4, -0.2) is 19.3 Å². The molecule has 0 aromatic heterocycles. The summed E-state index contributed by atoms with van der Waals surface area (Å²) in [6, 6.07) is 18.6. The van der Waals surface area contributed by atoms with E-state index in [9.17, 15) is 18.3 Å². The fourth-order valence-corrected chi connectivity index (χ4v) is 4.17. The van der Waals surface area contributed by atoms with Crippen LogP contribution in [0.2, 0.25) is 0 Å². The van der Waals surface area contributed by atoms with E-state index in [1.807, 2.05) is 24.3 Å². The van der Waals surface area contributed by atoms with Crippen molar-refractivity contribution in [1.29, 1.82) is 0 Å². The molecule has 25 heavy (non-hydrogen) atoms. The molecule has 1 aliphatic heterocycles. The van der Waals surface area contributed by atoms with Crippen molar-refractivity contribution >= 4 is 32.3 Å². The minimum atomic E-state index is -3.91. The molecule has 0 saturated heterocycles. The van der Waals surface area contributed by atoms with E-state index in [0.717, 1.165) is 10.8 Å². The molecule has 1 aliphatic rings. The lowest BCUT2D eigenvalue weighted by molar-refractivity contribution is 0.102. The Morgan fingerprint density at radius 1 is 0.880 bits per heavy atom. The Balaban J connectivity index is 1.91. The summed E-state index contributed by atoms with van der Waals surface area (Å²) in [7, 11) is -3.91. The van der Waals surface area contributed by atoms with Crippen LogP contribution >= 0.6 is 0 Å². The zero-order chi connectivity index (χ0) is 17.6. The third-order valence-electron chi connectivity index (χ3n) is 4.14. The number of carbonyl (C=O) groups excluding carboxylic acids is 1. The summed E-state index contributed by atoms with van der Waals surface area (Å²) < 4.78 is 26.9. The van der Waals surface area contributed by atoms with E-state index < -0.39 is 21.6 Å². The lowest BCUT2D eigenvalue weighted by Gasteiger charge is -2.20. The van der Waals surface area contributed by atoms with Gasteiger partial charge in [-0.25, -0.2) is 8.42 Å². The first-order valence-corrected chi connectivity index (χ1v) is 9.05. The average molecular weight is 351 g/mol. The standard InChI is InChI=1S/C19H13NO4S/c21-18(14-10-9-12-5-1-2-6-13(12)11-14)17-19(22)15-7-3-4-8-16(15)25(23,24)20-17/h1-11,20-21H. The molecule has 0 aliphatic carbocycles. The molecule has 0 atom stereocenters. The van der Waals surface area contributed by atoms with Crippen LogP contribution < -0.4 is 4.72 Å². The van der Waals surface area contributed by atoms with Crippen LogP contribution in [0.4, 0.5) is 0 Å². The van der Waals surface area contributed by atoms with Crippen LogP contribution in [0.1, 0.15) is 15.9 Å². The van der Waals surface area contributed by atoms with Crippen molar-refractivity contribution in [2.24, 2.45) is 0 Å². The molecular weight excluding hydrogens is 338 g/mol. The first-order valence-electron chi connectivity index (χ1n) is 7.56. The van der Waals surface area contributed by atoms with Gasteiger partial charge in [-0.05, 0) is 29.0 Å². The zero-order valence-corrected chi connectivity index (χ0v) is 13.7. The van der Waals surface area contributed by atoms with Crippen LogP contribution in [0.25, 0.3) is 16.5 Å². The number of Topliss-reactive ketones (excluding diaryl/α,β-unsaturated/α-hetero) is 1. The van der Waals surface area contributed by atoms with E-state index in [0.29, 0.717) is 5.56 Å². The molecule has 0 spiro atoms. The van der Waals surface area contributed by atoms with Gasteiger partial charge in [0.25, 0.3) is 10.0 Å². The highest BCUT2D eigenvalue weighted by Crippen LogP contribution is 2.29. The zero-order valence-electron chi connectivity index (χ0n) is 12.9. The van der Waals surface area contributed by atoms with Crippen LogP contribution in [0.15, 0.2) is 77.3 Å². The van der Waals surface area contributed by atoms with Crippen molar-refractivity contribution in [3.8, 4) is 0 Å². The highest BCUT2D eigenvalue weighted by Gasteiger charge is 2.34. The van der Waals surface area contributed by atoms with Gasteiger partial charge in [0, 0.05) is 11.1 Å². The van der Waals surface area contributed by atoms with E-state index >= 15 is 0 Å². The summed E-state index contributed by atoms with van der Waals surface area (Å²) in [5, 5.41) is 12.4. The second-order valence-electron chi connectivity index (χ2n) is 5.72. The topological polar surface area (TPSA) is 83.5 Å². The van der Waals surface area contributed by atoms with Crippen molar-refractivity contribution in [2.45, 2.75) is 4.90 Å².